The molecule has 3 heterocycles. The molecule has 3 aromatic rings. The highest BCUT2D eigenvalue weighted by Crippen LogP contribution is 2.38. The van der Waals surface area contributed by atoms with E-state index in [4.69, 9.17) is 18.9 Å². The third kappa shape index (κ3) is 4.74. The van der Waals surface area contributed by atoms with Crippen LogP contribution in [-0.4, -0.2) is 30.5 Å². The molecule has 0 N–H and O–H groups in total. The molecule has 1 aromatic heterocycles. The van der Waals surface area contributed by atoms with E-state index in [1.165, 1.54) is 11.3 Å². The molecule has 1 atom stereocenters. The van der Waals surface area contributed by atoms with E-state index in [0.29, 0.717) is 50.0 Å². The van der Waals surface area contributed by atoms with E-state index < -0.39 is 12.0 Å². The lowest BCUT2D eigenvalue weighted by molar-refractivity contribution is -0.139. The Kier molecular flexibility index (Phi) is 7.03. The Morgan fingerprint density at radius 2 is 2.08 bits per heavy atom. The van der Waals surface area contributed by atoms with Crippen molar-refractivity contribution in [2.45, 2.75) is 19.9 Å². The molecular weight excluding hydrogens is 560 g/mol. The molecule has 0 fully saturated rings. The van der Waals surface area contributed by atoms with Crippen LogP contribution in [-0.2, 0) is 9.53 Å². The fraction of sp³-hybridized carbons (Fsp3) is 0.222. The number of rotatable bonds is 7. The second-order valence-corrected chi connectivity index (χ2v) is 10.1. The summed E-state index contributed by atoms with van der Waals surface area (Å²) < 4.78 is 24.8. The van der Waals surface area contributed by atoms with Gasteiger partial charge in [-0.1, -0.05) is 36.1 Å². The van der Waals surface area contributed by atoms with Crippen molar-refractivity contribution in [1.82, 2.24) is 4.57 Å². The normalized spacial score (nSPS) is 16.3. The van der Waals surface area contributed by atoms with Crippen LogP contribution >= 0.6 is 27.3 Å². The van der Waals surface area contributed by atoms with Crippen LogP contribution in [0.3, 0.4) is 0 Å². The number of thiazole rings is 1. The smallest absolute Gasteiger partial charge is 0.338 e. The number of benzene rings is 2. The van der Waals surface area contributed by atoms with Crippen LogP contribution < -0.4 is 29.1 Å². The largest absolute Gasteiger partial charge is 0.488 e. The van der Waals surface area contributed by atoms with Gasteiger partial charge in [0, 0.05) is 0 Å². The summed E-state index contributed by atoms with van der Waals surface area (Å²) in [6, 6.07) is 10.2. The second kappa shape index (κ2) is 10.4. The van der Waals surface area contributed by atoms with Crippen molar-refractivity contribution >= 4 is 39.3 Å². The predicted molar refractivity (Wildman–Crippen MR) is 143 cm³/mol. The van der Waals surface area contributed by atoms with Gasteiger partial charge in [-0.2, -0.15) is 0 Å². The van der Waals surface area contributed by atoms with Crippen LogP contribution in [0.25, 0.3) is 6.08 Å². The predicted octanol–water partition coefficient (Wildman–Crippen LogP) is 3.85. The number of halogens is 1. The molecule has 190 valence electrons. The Hall–Kier alpha value is -3.63. The molecule has 1 unspecified atom stereocenters. The van der Waals surface area contributed by atoms with Crippen LogP contribution in [0, 0.1) is 0 Å². The Labute approximate surface area is 224 Å². The van der Waals surface area contributed by atoms with Crippen LogP contribution in [0.5, 0.6) is 17.2 Å². The molecular formula is C27H23BrN2O6S. The van der Waals surface area contributed by atoms with Gasteiger partial charge in [-0.15, -0.1) is 0 Å². The number of carbonyl (C=O) groups is 1. The molecule has 0 saturated heterocycles. The highest BCUT2D eigenvalue weighted by molar-refractivity contribution is 9.10. The number of esters is 1. The number of fused-ring (bicyclic) bond motifs is 2. The van der Waals surface area contributed by atoms with Crippen molar-refractivity contribution in [3.8, 4) is 17.2 Å². The molecule has 0 spiro atoms. The number of ether oxygens (including phenoxy) is 4. The average Bonchev–Trinajstić information content (AvgIpc) is 3.46. The highest BCUT2D eigenvalue weighted by atomic mass is 79.9. The van der Waals surface area contributed by atoms with E-state index in [0.717, 1.165) is 10.0 Å². The SMILES string of the molecule is C=CCOc1ccc(C=c2sc3n(c2=O)C(c2ccc4c(c2)OCO4)C(C(=O)OCC)=C(C)N=3)cc1Br. The van der Waals surface area contributed by atoms with Crippen LogP contribution in [0.1, 0.15) is 31.0 Å². The van der Waals surface area contributed by atoms with E-state index in [-0.39, 0.29) is 19.0 Å². The second-order valence-electron chi connectivity index (χ2n) is 8.20. The molecule has 0 bridgehead atoms. The summed E-state index contributed by atoms with van der Waals surface area (Å²) in [7, 11) is 0. The third-order valence-corrected chi connectivity index (χ3v) is 7.44. The van der Waals surface area contributed by atoms with Gasteiger partial charge in [0.05, 0.1) is 32.9 Å². The molecule has 0 amide bonds. The summed E-state index contributed by atoms with van der Waals surface area (Å²) in [6.45, 7) is 7.86. The van der Waals surface area contributed by atoms with Crippen LogP contribution in [0.2, 0.25) is 0 Å². The number of aromatic nitrogens is 1. The first kappa shape index (κ1) is 25.0. The first-order chi connectivity index (χ1) is 17.9. The molecule has 0 radical (unpaired) electrons. The number of allylic oxidation sites excluding steroid dienone is 1. The molecule has 10 heteroatoms. The van der Waals surface area contributed by atoms with E-state index >= 15 is 0 Å². The summed E-state index contributed by atoms with van der Waals surface area (Å²) in [5.74, 6) is 1.33. The molecule has 0 saturated carbocycles. The van der Waals surface area contributed by atoms with Crippen molar-refractivity contribution in [2.75, 3.05) is 20.0 Å². The zero-order valence-electron chi connectivity index (χ0n) is 20.2. The minimum atomic E-state index is -0.728. The van der Waals surface area contributed by atoms with E-state index in [2.05, 4.69) is 27.5 Å². The molecule has 2 aliphatic heterocycles. The van der Waals surface area contributed by atoms with Gasteiger partial charge in [0.15, 0.2) is 16.3 Å². The minimum Gasteiger partial charge on any atom is -0.488 e. The van der Waals surface area contributed by atoms with Gasteiger partial charge in [-0.05, 0) is 71.2 Å². The van der Waals surface area contributed by atoms with Crippen molar-refractivity contribution in [3.05, 3.63) is 95.6 Å². The summed E-state index contributed by atoms with van der Waals surface area (Å²) in [5.41, 5.74) is 2.06. The topological polar surface area (TPSA) is 88.3 Å². The molecule has 2 aliphatic rings. The first-order valence-electron chi connectivity index (χ1n) is 11.5. The van der Waals surface area contributed by atoms with Crippen molar-refractivity contribution < 1.29 is 23.7 Å². The van der Waals surface area contributed by atoms with E-state index in [1.807, 2.05) is 24.3 Å². The van der Waals surface area contributed by atoms with Gasteiger partial charge in [0.1, 0.15) is 12.4 Å². The van der Waals surface area contributed by atoms with E-state index in [9.17, 15) is 9.59 Å². The molecule has 0 aliphatic carbocycles. The monoisotopic (exact) mass is 582 g/mol. The number of nitrogens with zero attached hydrogens (tertiary/aromatic N) is 2. The minimum absolute atomic E-state index is 0.119. The van der Waals surface area contributed by atoms with Gasteiger partial charge in [-0.25, -0.2) is 9.79 Å². The lowest BCUT2D eigenvalue weighted by Gasteiger charge is -2.24. The summed E-state index contributed by atoms with van der Waals surface area (Å²) >= 11 is 4.78. The number of carbonyl (C=O) groups excluding carboxylic acids is 1. The highest BCUT2D eigenvalue weighted by Gasteiger charge is 2.34. The van der Waals surface area contributed by atoms with Crippen molar-refractivity contribution in [2.24, 2.45) is 4.99 Å². The lowest BCUT2D eigenvalue weighted by Crippen LogP contribution is -2.39. The maximum absolute atomic E-state index is 13.8. The average molecular weight is 583 g/mol. The van der Waals surface area contributed by atoms with Crippen LogP contribution in [0.4, 0.5) is 0 Å². The van der Waals surface area contributed by atoms with Crippen molar-refractivity contribution in [3.63, 3.8) is 0 Å². The Bertz CT molecular complexity index is 1620. The van der Waals surface area contributed by atoms with Gasteiger partial charge in [0.25, 0.3) is 5.56 Å². The Balaban J connectivity index is 1.65. The van der Waals surface area contributed by atoms with Gasteiger partial charge in [0.2, 0.25) is 6.79 Å². The Morgan fingerprint density at radius 3 is 2.84 bits per heavy atom. The fourth-order valence-corrected chi connectivity index (χ4v) is 5.77. The maximum Gasteiger partial charge on any atom is 0.338 e. The van der Waals surface area contributed by atoms with E-state index in [1.54, 1.807) is 42.7 Å². The molecule has 2 aromatic carbocycles. The molecule has 37 heavy (non-hydrogen) atoms. The summed E-state index contributed by atoms with van der Waals surface area (Å²) in [6.07, 6.45) is 3.47. The molecule has 8 nitrogen and oxygen atoms in total. The quantitative estimate of drug-likeness (QED) is 0.310. The summed E-state index contributed by atoms with van der Waals surface area (Å²) in [4.78, 5) is 31.9. The molecule has 5 rings (SSSR count). The lowest BCUT2D eigenvalue weighted by atomic mass is 9.95. The third-order valence-electron chi connectivity index (χ3n) is 5.84. The number of hydrogen-bond donors (Lipinski definition) is 0. The van der Waals surface area contributed by atoms with Gasteiger partial charge < -0.3 is 18.9 Å². The van der Waals surface area contributed by atoms with Crippen molar-refractivity contribution in [1.29, 1.82) is 0 Å². The first-order valence-corrected chi connectivity index (χ1v) is 13.1. The fourth-order valence-electron chi connectivity index (χ4n) is 4.21. The van der Waals surface area contributed by atoms with Crippen LogP contribution in [0.15, 0.2) is 74.6 Å². The standard InChI is InChI=1S/C27H23BrN2O6S/c1-4-10-34-19-8-6-16(11-18(19)28)12-22-25(31)30-24(17-7-9-20-21(13-17)36-14-35-20)23(26(32)33-5-2)15(3)29-27(30)37-22/h4,6-9,11-13,24H,1,5,10,14H2,2-3H3. The maximum atomic E-state index is 13.8. The summed E-state index contributed by atoms with van der Waals surface area (Å²) in [5, 5.41) is 0. The Morgan fingerprint density at radius 1 is 1.27 bits per heavy atom. The zero-order valence-corrected chi connectivity index (χ0v) is 22.6. The zero-order chi connectivity index (χ0) is 26.1. The van der Waals surface area contributed by atoms with Gasteiger partial charge in [-0.3, -0.25) is 9.36 Å². The van der Waals surface area contributed by atoms with Gasteiger partial charge >= 0.3 is 5.97 Å². The number of hydrogen-bond acceptors (Lipinski definition) is 8.